The maximum atomic E-state index is 13.2. The summed E-state index contributed by atoms with van der Waals surface area (Å²) >= 11 is 0. The first-order valence-electron chi connectivity index (χ1n) is 10.7. The summed E-state index contributed by atoms with van der Waals surface area (Å²) in [4.78, 5) is 13.2. The van der Waals surface area contributed by atoms with Crippen molar-refractivity contribution in [2.75, 3.05) is 0 Å². The molecule has 0 fully saturated rings. The van der Waals surface area contributed by atoms with Gasteiger partial charge in [0.1, 0.15) is 17.1 Å². The fourth-order valence-electron chi connectivity index (χ4n) is 4.02. The second-order valence-electron chi connectivity index (χ2n) is 8.01. The molecule has 1 amide bonds. The lowest BCUT2D eigenvalue weighted by Crippen LogP contribution is -2.47. The molecule has 0 aromatic heterocycles. The topological polar surface area (TPSA) is 47.6 Å². The van der Waals surface area contributed by atoms with E-state index in [0.717, 1.165) is 47.5 Å². The summed E-state index contributed by atoms with van der Waals surface area (Å²) in [5, 5.41) is 3.26. The third-order valence-electron chi connectivity index (χ3n) is 6.29. The number of aryl methyl sites for hydroxylation is 1. The molecule has 0 aliphatic carbocycles. The SMILES string of the molecule is CC[C@H](Oc1cccc(C)c1C)C(=O)N[C@@H]1CC(CC)(CC)Oc2ccccc21. The molecule has 0 radical (unpaired) electrons. The molecule has 0 unspecified atom stereocenters. The van der Waals surface area contributed by atoms with E-state index in [4.69, 9.17) is 9.47 Å². The Kier molecular flexibility index (Phi) is 6.51. The molecular weight excluding hydrogens is 362 g/mol. The Balaban J connectivity index is 1.81. The van der Waals surface area contributed by atoms with E-state index in [1.165, 1.54) is 0 Å². The fraction of sp³-hybridized carbons (Fsp3) is 0.480. The van der Waals surface area contributed by atoms with Crippen LogP contribution >= 0.6 is 0 Å². The predicted molar refractivity (Wildman–Crippen MR) is 117 cm³/mol. The summed E-state index contributed by atoms with van der Waals surface area (Å²) in [6, 6.07) is 13.9. The fourth-order valence-corrected chi connectivity index (χ4v) is 4.02. The molecule has 2 aromatic rings. The Bertz CT molecular complexity index is 857. The van der Waals surface area contributed by atoms with Gasteiger partial charge in [-0.25, -0.2) is 0 Å². The number of carbonyl (C=O) groups is 1. The number of para-hydroxylation sites is 1. The molecule has 0 saturated heterocycles. The summed E-state index contributed by atoms with van der Waals surface area (Å²) in [5.41, 5.74) is 3.03. The van der Waals surface area contributed by atoms with Crippen LogP contribution in [0.5, 0.6) is 11.5 Å². The minimum absolute atomic E-state index is 0.0729. The van der Waals surface area contributed by atoms with Crippen LogP contribution in [0.1, 0.15) is 69.2 Å². The van der Waals surface area contributed by atoms with Crippen LogP contribution in [-0.4, -0.2) is 17.6 Å². The zero-order chi connectivity index (χ0) is 21.0. The lowest BCUT2D eigenvalue weighted by atomic mass is 9.83. The minimum atomic E-state index is -0.525. The van der Waals surface area contributed by atoms with Gasteiger partial charge in [0.2, 0.25) is 0 Å². The van der Waals surface area contributed by atoms with Crippen molar-refractivity contribution in [3.05, 3.63) is 59.2 Å². The first-order valence-corrected chi connectivity index (χ1v) is 10.7. The van der Waals surface area contributed by atoms with Crippen LogP contribution in [0.2, 0.25) is 0 Å². The predicted octanol–water partition coefficient (Wildman–Crippen LogP) is 5.66. The zero-order valence-electron chi connectivity index (χ0n) is 18.2. The molecule has 0 saturated carbocycles. The molecule has 1 aliphatic rings. The number of fused-ring (bicyclic) bond motifs is 1. The second kappa shape index (κ2) is 8.89. The van der Waals surface area contributed by atoms with Crippen molar-refractivity contribution < 1.29 is 14.3 Å². The summed E-state index contributed by atoms with van der Waals surface area (Å²) in [6.07, 6.45) is 2.66. The van der Waals surface area contributed by atoms with Gasteiger partial charge in [-0.05, 0) is 56.4 Å². The van der Waals surface area contributed by atoms with Crippen LogP contribution in [0.25, 0.3) is 0 Å². The van der Waals surface area contributed by atoms with Crippen molar-refractivity contribution in [1.82, 2.24) is 5.32 Å². The maximum absolute atomic E-state index is 13.2. The summed E-state index contributed by atoms with van der Waals surface area (Å²) in [6.45, 7) is 10.4. The Morgan fingerprint density at radius 3 is 2.55 bits per heavy atom. The van der Waals surface area contributed by atoms with Gasteiger partial charge in [0.15, 0.2) is 6.10 Å². The van der Waals surface area contributed by atoms with E-state index in [9.17, 15) is 4.79 Å². The lowest BCUT2D eigenvalue weighted by Gasteiger charge is -2.42. The third kappa shape index (κ3) is 4.42. The number of rotatable bonds is 7. The first kappa shape index (κ1) is 21.2. The Morgan fingerprint density at radius 2 is 1.86 bits per heavy atom. The standard InChI is InChI=1S/C25H33NO3/c1-6-21(28-22-15-11-12-17(4)18(22)5)24(27)26-20-16-25(7-2,8-3)29-23-14-10-9-13-19(20)23/h9-15,20-21H,6-8,16H2,1-5H3,(H,26,27)/t20-,21+/m1/s1. The monoisotopic (exact) mass is 395 g/mol. The van der Waals surface area contributed by atoms with Crippen LogP contribution in [0, 0.1) is 13.8 Å². The zero-order valence-corrected chi connectivity index (χ0v) is 18.2. The van der Waals surface area contributed by atoms with E-state index < -0.39 is 6.10 Å². The molecule has 4 nitrogen and oxygen atoms in total. The number of ether oxygens (including phenoxy) is 2. The van der Waals surface area contributed by atoms with Crippen molar-refractivity contribution in [3.63, 3.8) is 0 Å². The third-order valence-corrected chi connectivity index (χ3v) is 6.29. The van der Waals surface area contributed by atoms with Gasteiger partial charge in [0, 0.05) is 12.0 Å². The van der Waals surface area contributed by atoms with Crippen LogP contribution in [-0.2, 0) is 4.79 Å². The smallest absolute Gasteiger partial charge is 0.261 e. The molecule has 0 spiro atoms. The highest BCUT2D eigenvalue weighted by molar-refractivity contribution is 5.81. The van der Waals surface area contributed by atoms with Crippen molar-refractivity contribution in [3.8, 4) is 11.5 Å². The van der Waals surface area contributed by atoms with Crippen LogP contribution < -0.4 is 14.8 Å². The highest BCUT2D eigenvalue weighted by atomic mass is 16.5. The van der Waals surface area contributed by atoms with E-state index in [2.05, 4.69) is 32.2 Å². The molecule has 4 heteroatoms. The number of nitrogens with one attached hydrogen (secondary N) is 1. The molecule has 1 heterocycles. The average molecular weight is 396 g/mol. The van der Waals surface area contributed by atoms with E-state index in [1.807, 2.05) is 50.2 Å². The van der Waals surface area contributed by atoms with Crippen molar-refractivity contribution >= 4 is 5.91 Å². The molecule has 29 heavy (non-hydrogen) atoms. The molecule has 1 N–H and O–H groups in total. The van der Waals surface area contributed by atoms with Gasteiger partial charge in [-0.15, -0.1) is 0 Å². The minimum Gasteiger partial charge on any atom is -0.487 e. The highest BCUT2D eigenvalue weighted by Crippen LogP contribution is 2.42. The Labute approximate surface area is 174 Å². The van der Waals surface area contributed by atoms with Gasteiger partial charge in [-0.1, -0.05) is 51.1 Å². The van der Waals surface area contributed by atoms with E-state index in [0.29, 0.717) is 6.42 Å². The number of hydrogen-bond acceptors (Lipinski definition) is 3. The first-order chi connectivity index (χ1) is 13.9. The lowest BCUT2D eigenvalue weighted by molar-refractivity contribution is -0.129. The van der Waals surface area contributed by atoms with Crippen molar-refractivity contribution in [1.29, 1.82) is 0 Å². The van der Waals surface area contributed by atoms with Gasteiger partial charge in [-0.2, -0.15) is 0 Å². The Hall–Kier alpha value is -2.49. The Morgan fingerprint density at radius 1 is 1.14 bits per heavy atom. The maximum Gasteiger partial charge on any atom is 0.261 e. The van der Waals surface area contributed by atoms with Gasteiger partial charge >= 0.3 is 0 Å². The number of benzene rings is 2. The van der Waals surface area contributed by atoms with Crippen LogP contribution in [0.15, 0.2) is 42.5 Å². The average Bonchev–Trinajstić information content (AvgIpc) is 2.74. The van der Waals surface area contributed by atoms with E-state index in [-0.39, 0.29) is 17.6 Å². The van der Waals surface area contributed by atoms with Gasteiger partial charge in [0.25, 0.3) is 5.91 Å². The molecule has 2 aromatic carbocycles. The van der Waals surface area contributed by atoms with E-state index in [1.54, 1.807) is 0 Å². The molecule has 156 valence electrons. The highest BCUT2D eigenvalue weighted by Gasteiger charge is 2.39. The van der Waals surface area contributed by atoms with Gasteiger partial charge in [0.05, 0.1) is 6.04 Å². The van der Waals surface area contributed by atoms with Gasteiger partial charge < -0.3 is 14.8 Å². The van der Waals surface area contributed by atoms with Crippen LogP contribution in [0.4, 0.5) is 0 Å². The van der Waals surface area contributed by atoms with Crippen LogP contribution in [0.3, 0.4) is 0 Å². The van der Waals surface area contributed by atoms with Crippen molar-refractivity contribution in [2.24, 2.45) is 0 Å². The number of hydrogen-bond donors (Lipinski definition) is 1. The van der Waals surface area contributed by atoms with Gasteiger partial charge in [-0.3, -0.25) is 4.79 Å². The summed E-state index contributed by atoms with van der Waals surface area (Å²) in [5.74, 6) is 1.57. The van der Waals surface area contributed by atoms with Crippen molar-refractivity contribution in [2.45, 2.75) is 78.0 Å². The molecule has 2 atom stereocenters. The molecule has 0 bridgehead atoms. The summed E-state index contributed by atoms with van der Waals surface area (Å²) in [7, 11) is 0. The quantitative estimate of drug-likeness (QED) is 0.658. The molecule has 3 rings (SSSR count). The van der Waals surface area contributed by atoms with E-state index >= 15 is 0 Å². The largest absolute Gasteiger partial charge is 0.487 e. The molecule has 1 aliphatic heterocycles. The summed E-state index contributed by atoms with van der Waals surface area (Å²) < 4.78 is 12.5. The second-order valence-corrected chi connectivity index (χ2v) is 8.01. The normalized spacial score (nSPS) is 18.3. The number of carbonyl (C=O) groups excluding carboxylic acids is 1. The number of amides is 1. The molecular formula is C25H33NO3.